The monoisotopic (exact) mass is 253 g/mol. The summed E-state index contributed by atoms with van der Waals surface area (Å²) in [7, 11) is 1.81. The molecule has 1 amide bonds. The lowest BCUT2D eigenvalue weighted by Gasteiger charge is -2.14. The molecular formula is C13H23N3O2. The number of aryl methyl sites for hydroxylation is 2. The number of aromatic nitrogens is 2. The average molecular weight is 253 g/mol. The maximum Gasteiger partial charge on any atom is 0.254 e. The minimum absolute atomic E-state index is 0.0857. The quantitative estimate of drug-likeness (QED) is 0.798. The first-order valence-corrected chi connectivity index (χ1v) is 6.42. The number of carbonyl (C=O) groups is 1. The Kier molecular flexibility index (Phi) is 5.34. The van der Waals surface area contributed by atoms with Gasteiger partial charge in [-0.25, -0.2) is 0 Å². The molecule has 1 heterocycles. The van der Waals surface area contributed by atoms with Crippen LogP contribution in [0.15, 0.2) is 6.20 Å². The van der Waals surface area contributed by atoms with Gasteiger partial charge in [0.05, 0.1) is 17.4 Å². The minimum Gasteiger partial charge on any atom is -0.393 e. The molecule has 0 aliphatic heterocycles. The van der Waals surface area contributed by atoms with E-state index >= 15 is 0 Å². The van der Waals surface area contributed by atoms with Crippen molar-refractivity contribution < 1.29 is 9.90 Å². The van der Waals surface area contributed by atoms with Crippen LogP contribution in [0.25, 0.3) is 0 Å². The van der Waals surface area contributed by atoms with Crippen LogP contribution in [-0.4, -0.2) is 33.4 Å². The van der Waals surface area contributed by atoms with Crippen LogP contribution in [0.5, 0.6) is 0 Å². The van der Waals surface area contributed by atoms with Gasteiger partial charge < -0.3 is 10.4 Å². The number of amides is 1. The molecule has 0 fully saturated rings. The van der Waals surface area contributed by atoms with Crippen LogP contribution in [0.1, 0.15) is 43.2 Å². The molecule has 0 saturated heterocycles. The Morgan fingerprint density at radius 3 is 2.78 bits per heavy atom. The van der Waals surface area contributed by atoms with E-state index in [0.29, 0.717) is 18.5 Å². The molecule has 0 radical (unpaired) electrons. The number of hydrogen-bond donors (Lipinski definition) is 2. The summed E-state index contributed by atoms with van der Waals surface area (Å²) in [6.45, 7) is 6.32. The number of nitrogens with zero attached hydrogens (tertiary/aromatic N) is 2. The molecule has 5 nitrogen and oxygen atoms in total. The first kappa shape index (κ1) is 14.7. The fourth-order valence-electron chi connectivity index (χ4n) is 2.01. The summed E-state index contributed by atoms with van der Waals surface area (Å²) < 4.78 is 1.66. The second-order valence-electron chi connectivity index (χ2n) is 4.92. The van der Waals surface area contributed by atoms with Crippen LogP contribution < -0.4 is 5.32 Å². The second kappa shape index (κ2) is 6.54. The SMILES string of the molecule is CCc1nn(C)cc1C(=O)NCC(C)CC(C)O. The van der Waals surface area contributed by atoms with Gasteiger partial charge >= 0.3 is 0 Å². The summed E-state index contributed by atoms with van der Waals surface area (Å²) >= 11 is 0. The van der Waals surface area contributed by atoms with Crippen LogP contribution in [0.3, 0.4) is 0 Å². The third kappa shape index (κ3) is 4.14. The van der Waals surface area contributed by atoms with E-state index < -0.39 is 0 Å². The van der Waals surface area contributed by atoms with Crippen LogP contribution in [0.2, 0.25) is 0 Å². The zero-order valence-corrected chi connectivity index (χ0v) is 11.6. The molecule has 0 aliphatic carbocycles. The van der Waals surface area contributed by atoms with Gasteiger partial charge in [0.1, 0.15) is 0 Å². The van der Waals surface area contributed by atoms with Crippen molar-refractivity contribution >= 4 is 5.91 Å². The highest BCUT2D eigenvalue weighted by Gasteiger charge is 2.15. The van der Waals surface area contributed by atoms with E-state index in [9.17, 15) is 9.90 Å². The topological polar surface area (TPSA) is 67.2 Å². The first-order chi connectivity index (χ1) is 8.43. The molecule has 0 aliphatic rings. The van der Waals surface area contributed by atoms with E-state index in [2.05, 4.69) is 10.4 Å². The van der Waals surface area contributed by atoms with Gasteiger partial charge in [-0.05, 0) is 25.7 Å². The molecule has 0 saturated carbocycles. The number of rotatable bonds is 6. The van der Waals surface area contributed by atoms with Gasteiger partial charge in [0, 0.05) is 19.8 Å². The molecule has 1 aromatic rings. The largest absolute Gasteiger partial charge is 0.393 e. The molecule has 2 N–H and O–H groups in total. The third-order valence-electron chi connectivity index (χ3n) is 2.84. The normalized spacial score (nSPS) is 14.3. The number of carbonyl (C=O) groups excluding carboxylic acids is 1. The predicted octanol–water partition coefficient (Wildman–Crippen LogP) is 1.12. The van der Waals surface area contributed by atoms with Crippen molar-refractivity contribution in [2.75, 3.05) is 6.54 Å². The van der Waals surface area contributed by atoms with Crippen LogP contribution in [-0.2, 0) is 13.5 Å². The van der Waals surface area contributed by atoms with Crippen molar-refractivity contribution in [2.24, 2.45) is 13.0 Å². The summed E-state index contributed by atoms with van der Waals surface area (Å²) in [5.74, 6) is 0.174. The Balaban J connectivity index is 2.54. The molecule has 2 atom stereocenters. The molecule has 2 unspecified atom stereocenters. The molecule has 0 aromatic carbocycles. The minimum atomic E-state index is -0.332. The highest BCUT2D eigenvalue weighted by Crippen LogP contribution is 2.08. The lowest BCUT2D eigenvalue weighted by Crippen LogP contribution is -2.29. The smallest absolute Gasteiger partial charge is 0.254 e. The lowest BCUT2D eigenvalue weighted by molar-refractivity contribution is 0.0938. The maximum atomic E-state index is 12.0. The third-order valence-corrected chi connectivity index (χ3v) is 2.84. The molecule has 1 rings (SSSR count). The van der Waals surface area contributed by atoms with Crippen LogP contribution in [0.4, 0.5) is 0 Å². The van der Waals surface area contributed by atoms with E-state index in [1.54, 1.807) is 17.8 Å². The molecule has 1 aromatic heterocycles. The van der Waals surface area contributed by atoms with Gasteiger partial charge in [-0.3, -0.25) is 9.48 Å². The van der Waals surface area contributed by atoms with E-state index in [-0.39, 0.29) is 17.9 Å². The number of nitrogens with one attached hydrogen (secondary N) is 1. The maximum absolute atomic E-state index is 12.0. The summed E-state index contributed by atoms with van der Waals surface area (Å²) in [5.41, 5.74) is 1.46. The standard InChI is InChI=1S/C13H23N3O2/c1-5-12-11(8-16(4)15-12)13(18)14-7-9(2)6-10(3)17/h8-10,17H,5-7H2,1-4H3,(H,14,18). The van der Waals surface area contributed by atoms with Gasteiger partial charge in [0.25, 0.3) is 5.91 Å². The van der Waals surface area contributed by atoms with Crippen molar-refractivity contribution in [3.63, 3.8) is 0 Å². The average Bonchev–Trinajstić information content (AvgIpc) is 2.66. The number of hydrogen-bond acceptors (Lipinski definition) is 3. The van der Waals surface area contributed by atoms with Crippen molar-refractivity contribution in [3.8, 4) is 0 Å². The van der Waals surface area contributed by atoms with Crippen molar-refractivity contribution in [1.82, 2.24) is 15.1 Å². The van der Waals surface area contributed by atoms with Gasteiger partial charge in [0.15, 0.2) is 0 Å². The van der Waals surface area contributed by atoms with Crippen molar-refractivity contribution in [1.29, 1.82) is 0 Å². The molecular weight excluding hydrogens is 230 g/mol. The molecule has 102 valence electrons. The summed E-state index contributed by atoms with van der Waals surface area (Å²) in [4.78, 5) is 12.0. The Bertz CT molecular complexity index is 399. The van der Waals surface area contributed by atoms with Crippen molar-refractivity contribution in [2.45, 2.75) is 39.7 Å². The summed E-state index contributed by atoms with van der Waals surface area (Å²) in [5, 5.41) is 16.4. The van der Waals surface area contributed by atoms with Crippen LogP contribution >= 0.6 is 0 Å². The van der Waals surface area contributed by atoms with E-state index in [0.717, 1.165) is 12.1 Å². The van der Waals surface area contributed by atoms with Crippen LogP contribution in [0, 0.1) is 5.92 Å². The van der Waals surface area contributed by atoms with E-state index in [4.69, 9.17) is 0 Å². The molecule has 0 spiro atoms. The van der Waals surface area contributed by atoms with E-state index in [1.165, 1.54) is 0 Å². The van der Waals surface area contributed by atoms with Gasteiger partial charge in [0.2, 0.25) is 0 Å². The fourth-order valence-corrected chi connectivity index (χ4v) is 2.01. The Hall–Kier alpha value is -1.36. The second-order valence-corrected chi connectivity index (χ2v) is 4.92. The number of aliphatic hydroxyl groups excluding tert-OH is 1. The Morgan fingerprint density at radius 2 is 2.22 bits per heavy atom. The lowest BCUT2D eigenvalue weighted by atomic mass is 10.0. The van der Waals surface area contributed by atoms with Gasteiger partial charge in [-0.1, -0.05) is 13.8 Å². The van der Waals surface area contributed by atoms with E-state index in [1.807, 2.05) is 20.9 Å². The Morgan fingerprint density at radius 1 is 1.56 bits per heavy atom. The summed E-state index contributed by atoms with van der Waals surface area (Å²) in [6.07, 6.45) is 2.84. The van der Waals surface area contributed by atoms with Gasteiger partial charge in [-0.2, -0.15) is 5.10 Å². The predicted molar refractivity (Wildman–Crippen MR) is 70.4 cm³/mol. The highest BCUT2D eigenvalue weighted by molar-refractivity contribution is 5.95. The van der Waals surface area contributed by atoms with Gasteiger partial charge in [-0.15, -0.1) is 0 Å². The number of aliphatic hydroxyl groups is 1. The fraction of sp³-hybridized carbons (Fsp3) is 0.692. The first-order valence-electron chi connectivity index (χ1n) is 6.42. The van der Waals surface area contributed by atoms with Crippen molar-refractivity contribution in [3.05, 3.63) is 17.5 Å². The highest BCUT2D eigenvalue weighted by atomic mass is 16.3. The molecule has 5 heteroatoms. The summed E-state index contributed by atoms with van der Waals surface area (Å²) in [6, 6.07) is 0. The Labute approximate surface area is 108 Å². The zero-order valence-electron chi connectivity index (χ0n) is 11.6. The molecule has 18 heavy (non-hydrogen) atoms. The zero-order chi connectivity index (χ0) is 13.7. The molecule has 0 bridgehead atoms.